The predicted octanol–water partition coefficient (Wildman–Crippen LogP) is 5.54. The Morgan fingerprint density at radius 3 is 2.57 bits per heavy atom. The van der Waals surface area contributed by atoms with Gasteiger partial charge in [-0.2, -0.15) is 0 Å². The van der Waals surface area contributed by atoms with E-state index in [4.69, 9.17) is 0 Å². The van der Waals surface area contributed by atoms with Gasteiger partial charge < -0.3 is 10.6 Å². The van der Waals surface area contributed by atoms with Gasteiger partial charge >= 0.3 is 0 Å². The van der Waals surface area contributed by atoms with Crippen molar-refractivity contribution in [3.05, 3.63) is 51.7 Å². The van der Waals surface area contributed by atoms with E-state index in [-0.39, 0.29) is 5.91 Å². The Morgan fingerprint density at radius 2 is 1.83 bits per heavy atom. The first-order valence-electron chi connectivity index (χ1n) is 10.8. The highest BCUT2D eigenvalue weighted by Crippen LogP contribution is 2.33. The van der Waals surface area contributed by atoms with Crippen molar-refractivity contribution in [2.75, 3.05) is 5.32 Å². The van der Waals surface area contributed by atoms with Gasteiger partial charge in [0.25, 0.3) is 5.91 Å². The molecule has 158 valence electrons. The quantitative estimate of drug-likeness (QED) is 0.567. The summed E-state index contributed by atoms with van der Waals surface area (Å²) >= 11 is 1.71. The third-order valence-corrected chi connectivity index (χ3v) is 7.35. The molecule has 0 bridgehead atoms. The SMILES string of the molecule is Cc1nc(NCc2ccc(C(=O)NC3CCCCC3C)cc2)c2c(C)c(C)sc2n1. The van der Waals surface area contributed by atoms with Crippen molar-refractivity contribution in [1.82, 2.24) is 15.3 Å². The lowest BCUT2D eigenvalue weighted by molar-refractivity contribution is 0.0910. The number of aromatic nitrogens is 2. The summed E-state index contributed by atoms with van der Waals surface area (Å²) in [5.74, 6) is 2.25. The molecule has 5 nitrogen and oxygen atoms in total. The number of nitrogens with zero attached hydrogens (tertiary/aromatic N) is 2. The Labute approximate surface area is 182 Å². The Morgan fingerprint density at radius 1 is 1.10 bits per heavy atom. The van der Waals surface area contributed by atoms with Crippen molar-refractivity contribution in [1.29, 1.82) is 0 Å². The van der Waals surface area contributed by atoms with Crippen LogP contribution < -0.4 is 10.6 Å². The molecule has 1 aliphatic rings. The number of thiophene rings is 1. The lowest BCUT2D eigenvalue weighted by Crippen LogP contribution is -2.41. The molecule has 6 heteroatoms. The van der Waals surface area contributed by atoms with Crippen LogP contribution in [0.15, 0.2) is 24.3 Å². The Hall–Kier alpha value is -2.47. The molecule has 1 fully saturated rings. The van der Waals surface area contributed by atoms with Gasteiger partial charge in [-0.1, -0.05) is 31.9 Å². The van der Waals surface area contributed by atoms with Crippen LogP contribution in [0.5, 0.6) is 0 Å². The van der Waals surface area contributed by atoms with E-state index in [9.17, 15) is 4.79 Å². The molecule has 2 atom stereocenters. The van der Waals surface area contributed by atoms with Crippen molar-refractivity contribution in [3.63, 3.8) is 0 Å². The number of carbonyl (C=O) groups excluding carboxylic acids is 1. The van der Waals surface area contributed by atoms with Gasteiger partial charge in [0.2, 0.25) is 0 Å². The molecule has 2 unspecified atom stereocenters. The van der Waals surface area contributed by atoms with E-state index < -0.39 is 0 Å². The van der Waals surface area contributed by atoms with Gasteiger partial charge in [0.1, 0.15) is 16.5 Å². The maximum Gasteiger partial charge on any atom is 0.251 e. The number of hydrogen-bond donors (Lipinski definition) is 2. The molecular weight excluding hydrogens is 392 g/mol. The average molecular weight is 423 g/mol. The van der Waals surface area contributed by atoms with Crippen LogP contribution in [0.4, 0.5) is 5.82 Å². The fourth-order valence-electron chi connectivity index (χ4n) is 4.23. The first-order valence-corrected chi connectivity index (χ1v) is 11.6. The van der Waals surface area contributed by atoms with E-state index in [1.54, 1.807) is 11.3 Å². The molecule has 2 N–H and O–H groups in total. The van der Waals surface area contributed by atoms with Crippen LogP contribution in [0.1, 0.15) is 64.8 Å². The third-order valence-electron chi connectivity index (χ3n) is 6.24. The topological polar surface area (TPSA) is 66.9 Å². The molecule has 1 amide bonds. The van der Waals surface area contributed by atoms with Gasteiger partial charge in [0, 0.05) is 23.0 Å². The molecular formula is C24H30N4OS. The summed E-state index contributed by atoms with van der Waals surface area (Å²) in [6, 6.07) is 8.17. The third kappa shape index (κ3) is 4.33. The molecule has 2 heterocycles. The zero-order valence-electron chi connectivity index (χ0n) is 18.2. The fraction of sp³-hybridized carbons (Fsp3) is 0.458. The van der Waals surface area contributed by atoms with Gasteiger partial charge in [-0.25, -0.2) is 9.97 Å². The second kappa shape index (κ2) is 8.72. The van der Waals surface area contributed by atoms with Gasteiger partial charge in [-0.05, 0) is 62.8 Å². The van der Waals surface area contributed by atoms with Crippen LogP contribution in [-0.4, -0.2) is 21.9 Å². The summed E-state index contributed by atoms with van der Waals surface area (Å²) in [6.07, 6.45) is 4.77. The second-order valence-electron chi connectivity index (χ2n) is 8.48. The first kappa shape index (κ1) is 20.8. The molecule has 1 saturated carbocycles. The largest absolute Gasteiger partial charge is 0.365 e. The van der Waals surface area contributed by atoms with Crippen molar-refractivity contribution in [2.24, 2.45) is 5.92 Å². The lowest BCUT2D eigenvalue weighted by atomic mass is 9.86. The summed E-state index contributed by atoms with van der Waals surface area (Å²) in [5.41, 5.74) is 3.08. The molecule has 3 aromatic rings. The normalized spacial score (nSPS) is 19.1. The highest BCUT2D eigenvalue weighted by Gasteiger charge is 2.23. The average Bonchev–Trinajstić information content (AvgIpc) is 3.01. The van der Waals surface area contributed by atoms with E-state index in [0.29, 0.717) is 18.5 Å². The minimum atomic E-state index is 0.0331. The van der Waals surface area contributed by atoms with Crippen LogP contribution in [0.25, 0.3) is 10.2 Å². The van der Waals surface area contributed by atoms with E-state index in [0.717, 1.165) is 39.4 Å². The van der Waals surface area contributed by atoms with Gasteiger partial charge in [0.15, 0.2) is 0 Å². The molecule has 30 heavy (non-hydrogen) atoms. The highest BCUT2D eigenvalue weighted by molar-refractivity contribution is 7.18. The van der Waals surface area contributed by atoms with E-state index in [2.05, 4.69) is 41.4 Å². The van der Waals surface area contributed by atoms with Gasteiger partial charge in [-0.3, -0.25) is 4.79 Å². The zero-order chi connectivity index (χ0) is 21.3. The monoisotopic (exact) mass is 422 g/mol. The summed E-state index contributed by atoms with van der Waals surface area (Å²) in [4.78, 5) is 24.1. The maximum absolute atomic E-state index is 12.6. The number of fused-ring (bicyclic) bond motifs is 1. The standard InChI is InChI=1S/C24H30N4OS/c1-14-7-5-6-8-20(14)28-23(29)19-11-9-18(10-12-19)13-25-22-21-15(2)16(3)30-24(21)27-17(4)26-22/h9-12,14,20H,5-8,13H2,1-4H3,(H,28,29)(H,25,26,27). The maximum atomic E-state index is 12.6. The number of nitrogens with one attached hydrogen (secondary N) is 2. The zero-order valence-corrected chi connectivity index (χ0v) is 19.0. The Balaban J connectivity index is 1.43. The molecule has 0 saturated heterocycles. The smallest absolute Gasteiger partial charge is 0.251 e. The minimum Gasteiger partial charge on any atom is -0.365 e. The summed E-state index contributed by atoms with van der Waals surface area (Å²) in [6.45, 7) is 9.07. The summed E-state index contributed by atoms with van der Waals surface area (Å²) < 4.78 is 0. The predicted molar refractivity (Wildman–Crippen MR) is 124 cm³/mol. The number of carbonyl (C=O) groups is 1. The molecule has 2 aromatic heterocycles. The first-order chi connectivity index (χ1) is 14.4. The molecule has 1 aromatic carbocycles. The molecule has 0 aliphatic heterocycles. The number of aryl methyl sites for hydroxylation is 3. The number of benzene rings is 1. The van der Waals surface area contributed by atoms with Crippen LogP contribution in [-0.2, 0) is 6.54 Å². The second-order valence-corrected chi connectivity index (χ2v) is 9.68. The van der Waals surface area contributed by atoms with Crippen molar-refractivity contribution < 1.29 is 4.79 Å². The summed E-state index contributed by atoms with van der Waals surface area (Å²) in [5, 5.41) is 7.81. The van der Waals surface area contributed by atoms with Crippen LogP contribution >= 0.6 is 11.3 Å². The Bertz CT molecular complexity index is 1060. The number of hydrogen-bond acceptors (Lipinski definition) is 5. The number of amides is 1. The lowest BCUT2D eigenvalue weighted by Gasteiger charge is -2.29. The van der Waals surface area contributed by atoms with Crippen molar-refractivity contribution in [2.45, 2.75) is 66.0 Å². The number of rotatable bonds is 5. The van der Waals surface area contributed by atoms with Gasteiger partial charge in [0.05, 0.1) is 5.39 Å². The van der Waals surface area contributed by atoms with Crippen LogP contribution in [0.3, 0.4) is 0 Å². The van der Waals surface area contributed by atoms with E-state index >= 15 is 0 Å². The van der Waals surface area contributed by atoms with E-state index in [1.165, 1.54) is 29.7 Å². The van der Waals surface area contributed by atoms with E-state index in [1.807, 2.05) is 31.2 Å². The Kier molecular flexibility index (Phi) is 6.04. The fourth-order valence-corrected chi connectivity index (χ4v) is 5.30. The van der Waals surface area contributed by atoms with Gasteiger partial charge in [-0.15, -0.1) is 11.3 Å². The summed E-state index contributed by atoms with van der Waals surface area (Å²) in [7, 11) is 0. The molecule has 4 rings (SSSR count). The molecule has 0 radical (unpaired) electrons. The van der Waals surface area contributed by atoms with Crippen LogP contribution in [0, 0.1) is 26.7 Å². The van der Waals surface area contributed by atoms with Crippen molar-refractivity contribution in [3.8, 4) is 0 Å². The van der Waals surface area contributed by atoms with Crippen molar-refractivity contribution >= 4 is 33.3 Å². The van der Waals surface area contributed by atoms with Crippen LogP contribution in [0.2, 0.25) is 0 Å². The molecule has 0 spiro atoms. The molecule has 1 aliphatic carbocycles. The number of anilines is 1. The minimum absolute atomic E-state index is 0.0331. The highest BCUT2D eigenvalue weighted by atomic mass is 32.1.